The minimum atomic E-state index is -0.0331. The van der Waals surface area contributed by atoms with E-state index in [1.54, 1.807) is 0 Å². The first-order valence-corrected chi connectivity index (χ1v) is 9.11. The minimum Gasteiger partial charge on any atom is -0.507 e. The summed E-state index contributed by atoms with van der Waals surface area (Å²) in [5.41, 5.74) is 3.53. The fourth-order valence-corrected chi connectivity index (χ4v) is 4.39. The Bertz CT molecular complexity index is 589. The van der Waals surface area contributed by atoms with E-state index >= 15 is 0 Å². The van der Waals surface area contributed by atoms with Crippen LogP contribution in [0, 0.1) is 17.8 Å². The highest BCUT2D eigenvalue weighted by molar-refractivity contribution is 5.50. The van der Waals surface area contributed by atoms with Gasteiger partial charge < -0.3 is 5.11 Å². The number of phenols is 1. The van der Waals surface area contributed by atoms with Crippen LogP contribution in [0.1, 0.15) is 71.1 Å². The molecule has 0 saturated heterocycles. The number of benzene rings is 1. The van der Waals surface area contributed by atoms with Crippen molar-refractivity contribution in [2.75, 3.05) is 0 Å². The van der Waals surface area contributed by atoms with E-state index in [9.17, 15) is 5.11 Å². The second kappa shape index (κ2) is 5.40. The lowest BCUT2D eigenvalue weighted by Gasteiger charge is -2.29. The monoisotopic (exact) mass is 312 g/mol. The Kier molecular flexibility index (Phi) is 3.90. The molecule has 1 saturated carbocycles. The molecule has 1 aromatic carbocycles. The van der Waals surface area contributed by atoms with Crippen molar-refractivity contribution in [3.8, 4) is 5.75 Å². The molecule has 1 fully saturated rings. The third kappa shape index (κ3) is 3.20. The third-order valence-electron chi connectivity index (χ3n) is 5.70. The molecule has 1 heteroatoms. The molecule has 1 nitrogen and oxygen atoms in total. The van der Waals surface area contributed by atoms with E-state index in [0.717, 1.165) is 35.3 Å². The number of phenolic OH excluding ortho intramolecular Hbond substituents is 1. The molecule has 0 amide bonds. The van der Waals surface area contributed by atoms with Crippen LogP contribution >= 0.6 is 0 Å². The molecule has 2 aliphatic carbocycles. The van der Waals surface area contributed by atoms with Gasteiger partial charge in [0.05, 0.1) is 0 Å². The summed E-state index contributed by atoms with van der Waals surface area (Å²) in [4.78, 5) is 0. The van der Waals surface area contributed by atoms with Gasteiger partial charge in [0.2, 0.25) is 0 Å². The Morgan fingerprint density at radius 2 is 1.48 bits per heavy atom. The van der Waals surface area contributed by atoms with Crippen LogP contribution in [0.15, 0.2) is 24.3 Å². The Labute approximate surface area is 141 Å². The van der Waals surface area contributed by atoms with E-state index in [4.69, 9.17) is 0 Å². The minimum absolute atomic E-state index is 0.0331. The topological polar surface area (TPSA) is 20.2 Å². The first kappa shape index (κ1) is 16.6. The zero-order valence-corrected chi connectivity index (χ0v) is 15.6. The fraction of sp³-hybridized carbons (Fsp3) is 0.636. The number of hydrogen-bond donors (Lipinski definition) is 1. The van der Waals surface area contributed by atoms with Gasteiger partial charge >= 0.3 is 0 Å². The highest BCUT2D eigenvalue weighted by atomic mass is 16.3. The van der Waals surface area contributed by atoms with Gasteiger partial charge in [-0.25, -0.2) is 0 Å². The second-order valence-electron chi connectivity index (χ2n) is 9.78. The van der Waals surface area contributed by atoms with Crippen molar-refractivity contribution in [3.05, 3.63) is 41.0 Å². The predicted octanol–water partition coefficient (Wildman–Crippen LogP) is 5.74. The molecule has 23 heavy (non-hydrogen) atoms. The first-order valence-electron chi connectivity index (χ1n) is 9.11. The Morgan fingerprint density at radius 1 is 0.913 bits per heavy atom. The Balaban J connectivity index is 1.98. The molecule has 0 spiro atoms. The zero-order chi connectivity index (χ0) is 17.0. The van der Waals surface area contributed by atoms with E-state index in [1.165, 1.54) is 18.4 Å². The molecule has 2 aliphatic rings. The SMILES string of the molecule is CC(C)(C)c1cc(CC2CC3C=CC2C3)cc(C(C)(C)C)c1O. The first-order chi connectivity index (χ1) is 10.6. The number of allylic oxidation sites excluding steroid dienone is 2. The van der Waals surface area contributed by atoms with Crippen molar-refractivity contribution in [1.29, 1.82) is 0 Å². The van der Waals surface area contributed by atoms with E-state index in [-0.39, 0.29) is 10.8 Å². The molecule has 0 aliphatic heterocycles. The maximum atomic E-state index is 10.8. The molecular formula is C22H32O. The van der Waals surface area contributed by atoms with Gasteiger partial charge in [0.1, 0.15) is 5.75 Å². The summed E-state index contributed by atoms with van der Waals surface area (Å²) in [5, 5.41) is 10.8. The van der Waals surface area contributed by atoms with Crippen molar-refractivity contribution in [3.63, 3.8) is 0 Å². The van der Waals surface area contributed by atoms with Gasteiger partial charge in [-0.05, 0) is 64.5 Å². The average molecular weight is 312 g/mol. The van der Waals surface area contributed by atoms with E-state index < -0.39 is 0 Å². The van der Waals surface area contributed by atoms with E-state index in [1.807, 2.05) is 0 Å². The van der Waals surface area contributed by atoms with Crippen LogP contribution in [0.3, 0.4) is 0 Å². The summed E-state index contributed by atoms with van der Waals surface area (Å²) in [6.07, 6.45) is 8.71. The van der Waals surface area contributed by atoms with Gasteiger partial charge in [0.15, 0.2) is 0 Å². The third-order valence-corrected chi connectivity index (χ3v) is 5.70. The van der Waals surface area contributed by atoms with Crippen LogP contribution in [0.25, 0.3) is 0 Å². The molecule has 126 valence electrons. The lowest BCUT2D eigenvalue weighted by Crippen LogP contribution is -2.19. The summed E-state index contributed by atoms with van der Waals surface area (Å²) in [6.45, 7) is 13.2. The molecule has 0 radical (unpaired) electrons. The molecule has 2 bridgehead atoms. The van der Waals surface area contributed by atoms with Crippen molar-refractivity contribution >= 4 is 0 Å². The maximum Gasteiger partial charge on any atom is 0.123 e. The van der Waals surface area contributed by atoms with Gasteiger partial charge in [-0.3, -0.25) is 0 Å². The molecule has 3 unspecified atom stereocenters. The molecule has 3 rings (SSSR count). The number of aromatic hydroxyl groups is 1. The summed E-state index contributed by atoms with van der Waals surface area (Å²) < 4.78 is 0. The van der Waals surface area contributed by atoms with Gasteiger partial charge in [-0.15, -0.1) is 0 Å². The smallest absolute Gasteiger partial charge is 0.123 e. The highest BCUT2D eigenvalue weighted by Crippen LogP contribution is 2.46. The van der Waals surface area contributed by atoms with Gasteiger partial charge in [-0.2, -0.15) is 0 Å². The van der Waals surface area contributed by atoms with E-state index in [0.29, 0.717) is 5.75 Å². The van der Waals surface area contributed by atoms with Crippen LogP contribution in [-0.4, -0.2) is 5.11 Å². The van der Waals surface area contributed by atoms with Gasteiger partial charge in [0.25, 0.3) is 0 Å². The standard InChI is InChI=1S/C22H32O/c1-21(2,3)18-12-15(13-19(20(18)23)22(4,5)6)11-17-10-14-7-8-16(17)9-14/h7-8,12-14,16-17,23H,9-11H2,1-6H3. The normalized spacial score (nSPS) is 27.0. The molecule has 0 heterocycles. The number of hydrogen-bond acceptors (Lipinski definition) is 1. The van der Waals surface area contributed by atoms with Crippen molar-refractivity contribution in [2.24, 2.45) is 17.8 Å². The van der Waals surface area contributed by atoms with Crippen molar-refractivity contribution in [2.45, 2.75) is 71.6 Å². The van der Waals surface area contributed by atoms with E-state index in [2.05, 4.69) is 65.8 Å². The highest BCUT2D eigenvalue weighted by Gasteiger charge is 2.36. The Morgan fingerprint density at radius 3 is 1.87 bits per heavy atom. The van der Waals surface area contributed by atoms with Gasteiger partial charge in [0, 0.05) is 0 Å². The lowest BCUT2D eigenvalue weighted by atomic mass is 9.77. The average Bonchev–Trinajstić information content (AvgIpc) is 3.00. The largest absolute Gasteiger partial charge is 0.507 e. The Hall–Kier alpha value is -1.24. The van der Waals surface area contributed by atoms with Crippen LogP contribution in [-0.2, 0) is 17.3 Å². The molecule has 3 atom stereocenters. The van der Waals surface area contributed by atoms with Crippen molar-refractivity contribution in [1.82, 2.24) is 0 Å². The predicted molar refractivity (Wildman–Crippen MR) is 98.1 cm³/mol. The maximum absolute atomic E-state index is 10.8. The number of fused-ring (bicyclic) bond motifs is 2. The molecule has 1 aromatic rings. The zero-order valence-electron chi connectivity index (χ0n) is 15.6. The van der Waals surface area contributed by atoms with Crippen LogP contribution in [0.2, 0.25) is 0 Å². The van der Waals surface area contributed by atoms with Crippen molar-refractivity contribution < 1.29 is 5.11 Å². The summed E-state index contributed by atoms with van der Waals surface area (Å²) >= 11 is 0. The molecule has 1 N–H and O–H groups in total. The van der Waals surface area contributed by atoms with Crippen LogP contribution < -0.4 is 0 Å². The number of rotatable bonds is 2. The molecular weight excluding hydrogens is 280 g/mol. The van der Waals surface area contributed by atoms with Crippen LogP contribution in [0.4, 0.5) is 0 Å². The fourth-order valence-electron chi connectivity index (χ4n) is 4.39. The lowest BCUT2D eigenvalue weighted by molar-refractivity contribution is 0.418. The van der Waals surface area contributed by atoms with Crippen LogP contribution in [0.5, 0.6) is 5.75 Å². The quantitative estimate of drug-likeness (QED) is 0.690. The van der Waals surface area contributed by atoms with Gasteiger partial charge in [-0.1, -0.05) is 65.8 Å². The summed E-state index contributed by atoms with van der Waals surface area (Å²) in [6, 6.07) is 4.53. The summed E-state index contributed by atoms with van der Waals surface area (Å²) in [5.74, 6) is 2.90. The summed E-state index contributed by atoms with van der Waals surface area (Å²) in [7, 11) is 0. The second-order valence-corrected chi connectivity index (χ2v) is 9.78. The molecule has 0 aromatic heterocycles.